The first kappa shape index (κ1) is 28.5. The summed E-state index contributed by atoms with van der Waals surface area (Å²) in [5, 5.41) is 0. The summed E-state index contributed by atoms with van der Waals surface area (Å²) in [5.74, 6) is -0.0821. The standard InChI is InChI=1S/C24H47BO4/c1-3-5-7-14-21-28-24(29-22-15-8-6-4-2)18-12-11-17-23(26)27-20-16-10-9-13-19-25/h24H,3-22H2,1-2H3. The van der Waals surface area contributed by atoms with Crippen molar-refractivity contribution in [2.75, 3.05) is 19.8 Å². The Balaban J connectivity index is 3.83. The fourth-order valence-corrected chi connectivity index (χ4v) is 3.14. The van der Waals surface area contributed by atoms with Crippen molar-refractivity contribution < 1.29 is 19.0 Å². The van der Waals surface area contributed by atoms with Gasteiger partial charge >= 0.3 is 5.97 Å². The molecule has 0 heterocycles. The summed E-state index contributed by atoms with van der Waals surface area (Å²) in [6, 6.07) is 0. The second-order valence-electron chi connectivity index (χ2n) is 7.96. The molecule has 5 heteroatoms. The Hall–Kier alpha value is -0.545. The molecule has 0 aliphatic carbocycles. The fourth-order valence-electron chi connectivity index (χ4n) is 3.14. The van der Waals surface area contributed by atoms with Crippen LogP contribution in [0.3, 0.4) is 0 Å². The highest BCUT2D eigenvalue weighted by Crippen LogP contribution is 2.12. The van der Waals surface area contributed by atoms with Crippen LogP contribution in [-0.4, -0.2) is 39.9 Å². The molecule has 0 saturated carbocycles. The number of carbonyl (C=O) groups is 1. The van der Waals surface area contributed by atoms with Gasteiger partial charge in [0.25, 0.3) is 0 Å². The molecule has 0 rings (SSSR count). The van der Waals surface area contributed by atoms with Crippen LogP contribution in [0.5, 0.6) is 0 Å². The van der Waals surface area contributed by atoms with Crippen molar-refractivity contribution >= 4 is 13.8 Å². The molecule has 0 atom stereocenters. The SMILES string of the molecule is [B]CCCCCCOC(=O)CCCCC(OCCCCCC)OCCCCCC. The van der Waals surface area contributed by atoms with E-state index in [0.717, 1.165) is 77.3 Å². The molecule has 0 amide bonds. The van der Waals surface area contributed by atoms with E-state index in [2.05, 4.69) is 13.8 Å². The number of hydrogen-bond acceptors (Lipinski definition) is 4. The lowest BCUT2D eigenvalue weighted by Gasteiger charge is -2.19. The van der Waals surface area contributed by atoms with Gasteiger partial charge < -0.3 is 14.2 Å². The number of carbonyl (C=O) groups excluding carboxylic acids is 1. The molecule has 170 valence electrons. The molecule has 0 aromatic carbocycles. The van der Waals surface area contributed by atoms with Gasteiger partial charge in [0.05, 0.1) is 14.5 Å². The summed E-state index contributed by atoms with van der Waals surface area (Å²) in [5.41, 5.74) is 0. The molecule has 4 nitrogen and oxygen atoms in total. The van der Waals surface area contributed by atoms with Gasteiger partial charge in [0.1, 0.15) is 0 Å². The molecule has 0 bridgehead atoms. The van der Waals surface area contributed by atoms with Crippen LogP contribution in [-0.2, 0) is 19.0 Å². The van der Waals surface area contributed by atoms with E-state index in [0.29, 0.717) is 13.0 Å². The molecular formula is C24H47BO4. The van der Waals surface area contributed by atoms with Crippen LogP contribution in [0.1, 0.15) is 117 Å². The summed E-state index contributed by atoms with van der Waals surface area (Å²) < 4.78 is 17.2. The summed E-state index contributed by atoms with van der Waals surface area (Å²) in [6.07, 6.45) is 17.5. The molecule has 0 aromatic heterocycles. The smallest absolute Gasteiger partial charge is 0.305 e. The molecular weight excluding hydrogens is 363 g/mol. The average molecular weight is 410 g/mol. The van der Waals surface area contributed by atoms with Crippen molar-refractivity contribution in [1.82, 2.24) is 0 Å². The summed E-state index contributed by atoms with van der Waals surface area (Å²) in [7, 11) is 5.47. The van der Waals surface area contributed by atoms with Crippen molar-refractivity contribution in [3.8, 4) is 0 Å². The van der Waals surface area contributed by atoms with Gasteiger partial charge in [-0.2, -0.15) is 0 Å². The van der Waals surface area contributed by atoms with Crippen LogP contribution in [0.2, 0.25) is 6.32 Å². The zero-order valence-electron chi connectivity index (χ0n) is 19.4. The fraction of sp³-hybridized carbons (Fsp3) is 0.958. The van der Waals surface area contributed by atoms with Crippen molar-refractivity contribution in [2.24, 2.45) is 0 Å². The minimum Gasteiger partial charge on any atom is -0.466 e. The molecule has 0 aromatic rings. The second kappa shape index (κ2) is 23.7. The predicted molar refractivity (Wildman–Crippen MR) is 122 cm³/mol. The Labute approximate surface area is 182 Å². The maximum Gasteiger partial charge on any atom is 0.305 e. The predicted octanol–water partition coefficient (Wildman–Crippen LogP) is 6.76. The number of ether oxygens (including phenoxy) is 3. The number of rotatable bonds is 23. The van der Waals surface area contributed by atoms with Crippen molar-refractivity contribution in [3.05, 3.63) is 0 Å². The van der Waals surface area contributed by atoms with E-state index in [1.54, 1.807) is 0 Å². The van der Waals surface area contributed by atoms with Crippen LogP contribution < -0.4 is 0 Å². The Morgan fingerprint density at radius 3 is 1.83 bits per heavy atom. The molecule has 0 spiro atoms. The molecule has 0 aliphatic heterocycles. The minimum atomic E-state index is -0.128. The second-order valence-corrected chi connectivity index (χ2v) is 7.96. The van der Waals surface area contributed by atoms with E-state index >= 15 is 0 Å². The number of esters is 1. The molecule has 29 heavy (non-hydrogen) atoms. The van der Waals surface area contributed by atoms with E-state index in [1.807, 2.05) is 0 Å². The van der Waals surface area contributed by atoms with Crippen LogP contribution in [0.15, 0.2) is 0 Å². The third kappa shape index (κ3) is 22.0. The first-order valence-electron chi connectivity index (χ1n) is 12.3. The topological polar surface area (TPSA) is 44.8 Å². The zero-order chi connectivity index (χ0) is 21.4. The molecule has 0 N–H and O–H groups in total. The van der Waals surface area contributed by atoms with Gasteiger partial charge in [-0.1, -0.05) is 78.0 Å². The molecule has 2 radical (unpaired) electrons. The van der Waals surface area contributed by atoms with Gasteiger partial charge in [0.2, 0.25) is 0 Å². The molecule has 0 fully saturated rings. The lowest BCUT2D eigenvalue weighted by atomic mass is 9.99. The Morgan fingerprint density at radius 1 is 0.690 bits per heavy atom. The van der Waals surface area contributed by atoms with E-state index in [1.165, 1.54) is 38.5 Å². The van der Waals surface area contributed by atoms with Crippen molar-refractivity contribution in [1.29, 1.82) is 0 Å². The summed E-state index contributed by atoms with van der Waals surface area (Å²) >= 11 is 0. The molecule has 0 aliphatic rings. The first-order valence-corrected chi connectivity index (χ1v) is 12.3. The third-order valence-electron chi connectivity index (χ3n) is 5.04. The van der Waals surface area contributed by atoms with E-state index in [-0.39, 0.29) is 12.3 Å². The Morgan fingerprint density at radius 2 is 1.24 bits per heavy atom. The van der Waals surface area contributed by atoms with E-state index < -0.39 is 0 Å². The van der Waals surface area contributed by atoms with Crippen LogP contribution in [0.4, 0.5) is 0 Å². The van der Waals surface area contributed by atoms with Crippen LogP contribution in [0.25, 0.3) is 0 Å². The third-order valence-corrected chi connectivity index (χ3v) is 5.04. The molecule has 0 unspecified atom stereocenters. The zero-order valence-corrected chi connectivity index (χ0v) is 19.4. The first-order chi connectivity index (χ1) is 14.2. The summed E-state index contributed by atoms with van der Waals surface area (Å²) in [4.78, 5) is 11.8. The number of unbranched alkanes of at least 4 members (excludes halogenated alkanes) is 10. The van der Waals surface area contributed by atoms with Gasteiger partial charge in [-0.25, -0.2) is 0 Å². The van der Waals surface area contributed by atoms with Crippen molar-refractivity contribution in [3.63, 3.8) is 0 Å². The van der Waals surface area contributed by atoms with Crippen molar-refractivity contribution in [2.45, 2.75) is 129 Å². The largest absolute Gasteiger partial charge is 0.466 e. The number of hydrogen-bond donors (Lipinski definition) is 0. The van der Waals surface area contributed by atoms with Crippen LogP contribution in [0, 0.1) is 0 Å². The van der Waals surface area contributed by atoms with Gasteiger partial charge in [-0.05, 0) is 38.5 Å². The minimum absolute atomic E-state index is 0.0821. The summed E-state index contributed by atoms with van der Waals surface area (Å²) in [6.45, 7) is 6.51. The maximum absolute atomic E-state index is 11.8. The average Bonchev–Trinajstić information content (AvgIpc) is 2.72. The van der Waals surface area contributed by atoms with Gasteiger partial charge in [0.15, 0.2) is 6.29 Å². The van der Waals surface area contributed by atoms with E-state index in [9.17, 15) is 4.79 Å². The lowest BCUT2D eigenvalue weighted by Crippen LogP contribution is -2.19. The highest BCUT2D eigenvalue weighted by atomic mass is 16.7. The normalized spacial score (nSPS) is 11.3. The quantitative estimate of drug-likeness (QED) is 0.0808. The van der Waals surface area contributed by atoms with E-state index in [4.69, 9.17) is 22.1 Å². The Kier molecular flexibility index (Phi) is 23.3. The highest BCUT2D eigenvalue weighted by Gasteiger charge is 2.10. The molecule has 0 saturated heterocycles. The maximum atomic E-state index is 11.8. The lowest BCUT2D eigenvalue weighted by molar-refractivity contribution is -0.149. The monoisotopic (exact) mass is 410 g/mol. The van der Waals surface area contributed by atoms with Gasteiger partial charge in [-0.3, -0.25) is 4.79 Å². The Bertz CT molecular complexity index is 325. The van der Waals surface area contributed by atoms with Crippen LogP contribution >= 0.6 is 0 Å². The van der Waals surface area contributed by atoms with Gasteiger partial charge in [-0.15, -0.1) is 0 Å². The highest BCUT2D eigenvalue weighted by molar-refractivity contribution is 6.08. The van der Waals surface area contributed by atoms with Gasteiger partial charge in [0, 0.05) is 19.6 Å².